The Morgan fingerprint density at radius 3 is 2.40 bits per heavy atom. The normalized spacial score (nSPS) is 11.2. The van der Waals surface area contributed by atoms with E-state index in [-0.39, 0.29) is 16.1 Å². The lowest BCUT2D eigenvalue weighted by Gasteiger charge is -2.13. The van der Waals surface area contributed by atoms with Crippen molar-refractivity contribution in [2.75, 3.05) is 18.4 Å². The Kier molecular flexibility index (Phi) is 6.69. The number of H-pyrrole nitrogens is 2. The number of aromatic amines is 2. The number of ether oxygens (including phenoxy) is 1. The summed E-state index contributed by atoms with van der Waals surface area (Å²) in [5.41, 5.74) is 2.01. The molecule has 11 heteroatoms. The van der Waals surface area contributed by atoms with Gasteiger partial charge in [0.25, 0.3) is 15.9 Å². The largest absolute Gasteiger partial charge is 0.465 e. The number of methoxy groups -OCH3 is 1. The van der Waals surface area contributed by atoms with E-state index in [0.717, 1.165) is 5.56 Å². The molecule has 0 fully saturated rings. The molecule has 0 aliphatic heterocycles. The summed E-state index contributed by atoms with van der Waals surface area (Å²) in [6.45, 7) is 0.301. The van der Waals surface area contributed by atoms with E-state index in [1.165, 1.54) is 37.4 Å². The van der Waals surface area contributed by atoms with Crippen LogP contribution < -0.4 is 15.7 Å². The molecule has 0 radical (unpaired) electrons. The standard InChI is InChI=1S/C24H22N4O6S/c1-34-23(30)16-8-6-15(7-9-16)12-13-25-22(29)18-4-2-3-5-19(18)28-35(32,33)17-10-11-20-21(14-17)27-24(31)26-20/h2-11,14,28H,12-13H2,1H3,(H,25,29)(H2,26,27,31). The van der Waals surface area contributed by atoms with E-state index in [4.69, 9.17) is 0 Å². The molecule has 3 aromatic carbocycles. The van der Waals surface area contributed by atoms with E-state index >= 15 is 0 Å². The van der Waals surface area contributed by atoms with Gasteiger partial charge in [0.05, 0.1) is 39.9 Å². The fourth-order valence-corrected chi connectivity index (χ4v) is 4.60. The molecule has 35 heavy (non-hydrogen) atoms. The highest BCUT2D eigenvalue weighted by Crippen LogP contribution is 2.22. The summed E-state index contributed by atoms with van der Waals surface area (Å²) < 4.78 is 33.0. The van der Waals surface area contributed by atoms with Crippen LogP contribution in [0.3, 0.4) is 0 Å². The summed E-state index contributed by atoms with van der Waals surface area (Å²) in [7, 11) is -2.72. The van der Waals surface area contributed by atoms with Crippen LogP contribution in [0.2, 0.25) is 0 Å². The van der Waals surface area contributed by atoms with Gasteiger partial charge in [-0.05, 0) is 54.4 Å². The Hall–Kier alpha value is -4.38. The molecule has 0 atom stereocenters. The molecule has 0 saturated heterocycles. The van der Waals surface area contributed by atoms with Crippen LogP contribution in [0.1, 0.15) is 26.3 Å². The number of amides is 1. The number of imidazole rings is 1. The Balaban J connectivity index is 1.44. The molecule has 1 aromatic heterocycles. The lowest BCUT2D eigenvalue weighted by Crippen LogP contribution is -2.27. The van der Waals surface area contributed by atoms with Gasteiger partial charge >= 0.3 is 11.7 Å². The van der Waals surface area contributed by atoms with E-state index in [1.807, 2.05) is 0 Å². The van der Waals surface area contributed by atoms with Crippen molar-refractivity contribution in [2.45, 2.75) is 11.3 Å². The number of benzene rings is 3. The first-order valence-electron chi connectivity index (χ1n) is 10.6. The molecule has 0 bridgehead atoms. The van der Waals surface area contributed by atoms with Gasteiger partial charge in [-0.3, -0.25) is 9.52 Å². The van der Waals surface area contributed by atoms with Gasteiger partial charge < -0.3 is 20.0 Å². The SMILES string of the molecule is COC(=O)c1ccc(CCNC(=O)c2ccccc2NS(=O)(=O)c2ccc3[nH]c(=O)[nH]c3c2)cc1. The lowest BCUT2D eigenvalue weighted by molar-refractivity contribution is 0.0600. The first-order chi connectivity index (χ1) is 16.8. The molecule has 0 unspecified atom stereocenters. The number of fused-ring (bicyclic) bond motifs is 1. The first-order valence-corrected chi connectivity index (χ1v) is 12.0. The number of anilines is 1. The molecular weight excluding hydrogens is 472 g/mol. The summed E-state index contributed by atoms with van der Waals surface area (Å²) in [4.78, 5) is 40.8. The van der Waals surface area contributed by atoms with Crippen LogP contribution in [0.25, 0.3) is 11.0 Å². The Labute approximate surface area is 200 Å². The second-order valence-electron chi connectivity index (χ2n) is 7.63. The number of esters is 1. The number of hydrogen-bond donors (Lipinski definition) is 4. The van der Waals surface area contributed by atoms with E-state index in [9.17, 15) is 22.8 Å². The van der Waals surface area contributed by atoms with Crippen molar-refractivity contribution >= 4 is 38.6 Å². The van der Waals surface area contributed by atoms with Gasteiger partial charge in [0.15, 0.2) is 0 Å². The second kappa shape index (κ2) is 9.85. The number of sulfonamides is 1. The van der Waals surface area contributed by atoms with E-state index < -0.39 is 27.6 Å². The summed E-state index contributed by atoms with van der Waals surface area (Å²) in [6, 6.07) is 17.3. The summed E-state index contributed by atoms with van der Waals surface area (Å²) in [5, 5.41) is 2.78. The molecular formula is C24H22N4O6S. The molecule has 0 saturated carbocycles. The van der Waals surface area contributed by atoms with Crippen LogP contribution in [0.5, 0.6) is 0 Å². The van der Waals surface area contributed by atoms with Crippen molar-refractivity contribution in [2.24, 2.45) is 0 Å². The van der Waals surface area contributed by atoms with E-state index in [2.05, 4.69) is 24.7 Å². The third-order valence-corrected chi connectivity index (χ3v) is 6.65. The van der Waals surface area contributed by atoms with Crippen LogP contribution >= 0.6 is 0 Å². The minimum Gasteiger partial charge on any atom is -0.465 e. The maximum atomic E-state index is 12.9. The zero-order valence-corrected chi connectivity index (χ0v) is 19.4. The summed E-state index contributed by atoms with van der Waals surface area (Å²) >= 11 is 0. The lowest BCUT2D eigenvalue weighted by atomic mass is 10.1. The maximum absolute atomic E-state index is 12.9. The third kappa shape index (κ3) is 5.41. The third-order valence-electron chi connectivity index (χ3n) is 5.29. The maximum Gasteiger partial charge on any atom is 0.337 e. The van der Waals surface area contributed by atoms with Gasteiger partial charge in [-0.25, -0.2) is 18.0 Å². The topological polar surface area (TPSA) is 150 Å². The monoisotopic (exact) mass is 494 g/mol. The molecule has 0 aliphatic rings. The molecule has 10 nitrogen and oxygen atoms in total. The highest BCUT2D eigenvalue weighted by Gasteiger charge is 2.19. The number of aromatic nitrogens is 2. The zero-order chi connectivity index (χ0) is 25.0. The first kappa shape index (κ1) is 23.8. The minimum absolute atomic E-state index is 0.0640. The van der Waals surface area contributed by atoms with Crippen molar-refractivity contribution in [3.05, 3.63) is 93.9 Å². The predicted octanol–water partition coefficient (Wildman–Crippen LogP) is 2.42. The molecule has 1 amide bonds. The molecule has 4 aromatic rings. The van der Waals surface area contributed by atoms with Gasteiger partial charge in [0, 0.05) is 6.54 Å². The average Bonchev–Trinajstić information content (AvgIpc) is 3.23. The quantitative estimate of drug-likeness (QED) is 0.276. The molecule has 1 heterocycles. The summed E-state index contributed by atoms with van der Waals surface area (Å²) in [6.07, 6.45) is 0.510. The van der Waals surface area contributed by atoms with Gasteiger partial charge in [-0.1, -0.05) is 24.3 Å². The van der Waals surface area contributed by atoms with Gasteiger partial charge in [-0.15, -0.1) is 0 Å². The van der Waals surface area contributed by atoms with Crippen molar-refractivity contribution in [1.29, 1.82) is 0 Å². The van der Waals surface area contributed by atoms with E-state index in [0.29, 0.717) is 29.6 Å². The highest BCUT2D eigenvalue weighted by atomic mass is 32.2. The van der Waals surface area contributed by atoms with Crippen LogP contribution in [0.15, 0.2) is 76.4 Å². The fourth-order valence-electron chi connectivity index (χ4n) is 3.49. The van der Waals surface area contributed by atoms with Crippen LogP contribution in [-0.2, 0) is 21.2 Å². The smallest absolute Gasteiger partial charge is 0.337 e. The number of carbonyl (C=O) groups excluding carboxylic acids is 2. The van der Waals surface area contributed by atoms with Crippen molar-refractivity contribution < 1.29 is 22.7 Å². The Morgan fingerprint density at radius 2 is 1.66 bits per heavy atom. The zero-order valence-electron chi connectivity index (χ0n) is 18.6. The molecule has 180 valence electrons. The molecule has 4 rings (SSSR count). The number of nitrogens with one attached hydrogen (secondary N) is 4. The van der Waals surface area contributed by atoms with Crippen LogP contribution in [0, 0.1) is 0 Å². The Bertz CT molecular complexity index is 1550. The fraction of sp³-hybridized carbons (Fsp3) is 0.125. The van der Waals surface area contributed by atoms with Crippen molar-refractivity contribution in [1.82, 2.24) is 15.3 Å². The van der Waals surface area contributed by atoms with Crippen molar-refractivity contribution in [3.63, 3.8) is 0 Å². The van der Waals surface area contributed by atoms with Crippen molar-refractivity contribution in [3.8, 4) is 0 Å². The van der Waals surface area contributed by atoms with Crippen LogP contribution in [-0.4, -0.2) is 43.9 Å². The number of para-hydroxylation sites is 1. The molecule has 0 aliphatic carbocycles. The summed E-state index contributed by atoms with van der Waals surface area (Å²) in [5.74, 6) is -0.870. The molecule has 0 spiro atoms. The highest BCUT2D eigenvalue weighted by molar-refractivity contribution is 7.92. The minimum atomic E-state index is -4.03. The Morgan fingerprint density at radius 1 is 0.943 bits per heavy atom. The average molecular weight is 495 g/mol. The molecule has 4 N–H and O–H groups in total. The van der Waals surface area contributed by atoms with Gasteiger partial charge in [0.1, 0.15) is 0 Å². The number of hydrogen-bond acceptors (Lipinski definition) is 6. The van der Waals surface area contributed by atoms with E-state index in [1.54, 1.807) is 36.4 Å². The number of carbonyl (C=O) groups is 2. The van der Waals surface area contributed by atoms with Gasteiger partial charge in [0.2, 0.25) is 0 Å². The predicted molar refractivity (Wildman–Crippen MR) is 130 cm³/mol. The second-order valence-corrected chi connectivity index (χ2v) is 9.31. The van der Waals surface area contributed by atoms with Gasteiger partial charge in [-0.2, -0.15) is 0 Å². The number of rotatable bonds is 8. The van der Waals surface area contributed by atoms with Crippen LogP contribution in [0.4, 0.5) is 5.69 Å².